The average Bonchev–Trinajstić information content (AvgIpc) is 2.46. The number of hydrogen-bond donors (Lipinski definition) is 1. The zero-order valence-corrected chi connectivity index (χ0v) is 14.1. The summed E-state index contributed by atoms with van der Waals surface area (Å²) in [4.78, 5) is 4.45. The number of nitrogens with one attached hydrogen (secondary N) is 1. The van der Waals surface area contributed by atoms with Crippen molar-refractivity contribution in [1.29, 1.82) is 0 Å². The fourth-order valence-electron chi connectivity index (χ4n) is 2.15. The van der Waals surface area contributed by atoms with Gasteiger partial charge in [0.2, 0.25) is 0 Å². The largest absolute Gasteiger partial charge is 0.308 e. The first-order chi connectivity index (χ1) is 10.1. The third kappa shape index (κ3) is 4.50. The van der Waals surface area contributed by atoms with Crippen LogP contribution in [0.2, 0.25) is 5.02 Å². The third-order valence-corrected chi connectivity index (χ3v) is 4.22. The van der Waals surface area contributed by atoms with E-state index >= 15 is 0 Å². The van der Waals surface area contributed by atoms with E-state index in [9.17, 15) is 4.39 Å². The molecule has 0 saturated heterocycles. The fraction of sp³-hybridized carbons (Fsp3) is 0.312. The summed E-state index contributed by atoms with van der Waals surface area (Å²) in [5, 5.41) is 3.92. The second-order valence-corrected chi connectivity index (χ2v) is 6.08. The van der Waals surface area contributed by atoms with Crippen molar-refractivity contribution in [2.24, 2.45) is 0 Å². The molecular formula is C16H17BrClFN2. The number of halogens is 3. The van der Waals surface area contributed by atoms with Crippen LogP contribution in [0, 0.1) is 5.82 Å². The molecule has 0 spiro atoms. The summed E-state index contributed by atoms with van der Waals surface area (Å²) in [7, 11) is 0. The Labute approximate surface area is 137 Å². The number of benzene rings is 1. The van der Waals surface area contributed by atoms with Gasteiger partial charge in [0.1, 0.15) is 5.82 Å². The molecule has 0 aliphatic rings. The first-order valence-corrected chi connectivity index (χ1v) is 8.06. The Hall–Kier alpha value is -0.970. The number of hydrogen-bond acceptors (Lipinski definition) is 2. The van der Waals surface area contributed by atoms with Gasteiger partial charge in [-0.1, -0.05) is 24.6 Å². The van der Waals surface area contributed by atoms with E-state index in [-0.39, 0.29) is 11.9 Å². The van der Waals surface area contributed by atoms with Crippen LogP contribution in [0.5, 0.6) is 0 Å². The van der Waals surface area contributed by atoms with Crippen molar-refractivity contribution in [3.8, 4) is 0 Å². The second kappa shape index (κ2) is 7.87. The lowest BCUT2D eigenvalue weighted by molar-refractivity contribution is 0.515. The third-order valence-electron chi connectivity index (χ3n) is 3.20. The predicted octanol–water partition coefficient (Wildman–Crippen LogP) is 4.92. The number of rotatable bonds is 6. The Morgan fingerprint density at radius 1 is 1.38 bits per heavy atom. The lowest BCUT2D eigenvalue weighted by Crippen LogP contribution is -2.25. The van der Waals surface area contributed by atoms with E-state index in [0.29, 0.717) is 11.4 Å². The van der Waals surface area contributed by atoms with Crippen LogP contribution in [0.3, 0.4) is 0 Å². The van der Waals surface area contributed by atoms with Gasteiger partial charge in [-0.3, -0.25) is 4.98 Å². The predicted molar refractivity (Wildman–Crippen MR) is 88.1 cm³/mol. The van der Waals surface area contributed by atoms with E-state index in [1.54, 1.807) is 12.3 Å². The van der Waals surface area contributed by atoms with Gasteiger partial charge in [-0.05, 0) is 65.1 Å². The first kappa shape index (κ1) is 16.4. The summed E-state index contributed by atoms with van der Waals surface area (Å²) < 4.78 is 14.1. The standard InChI is InChI=1S/C16H17BrClFN2/c1-2-7-20-15(16-13(17)4-3-8-21-16)9-11-5-6-12(19)10-14(11)18/h3-6,8,10,15,20H,2,7,9H2,1H3. The van der Waals surface area contributed by atoms with Gasteiger partial charge >= 0.3 is 0 Å². The van der Waals surface area contributed by atoms with E-state index in [1.807, 2.05) is 12.1 Å². The van der Waals surface area contributed by atoms with Crippen LogP contribution in [-0.4, -0.2) is 11.5 Å². The normalized spacial score (nSPS) is 12.4. The molecule has 5 heteroatoms. The summed E-state index contributed by atoms with van der Waals surface area (Å²) in [5.41, 5.74) is 1.84. The Morgan fingerprint density at radius 2 is 2.19 bits per heavy atom. The Balaban J connectivity index is 2.26. The van der Waals surface area contributed by atoms with E-state index in [4.69, 9.17) is 11.6 Å². The summed E-state index contributed by atoms with van der Waals surface area (Å²) in [6.45, 7) is 2.99. The minimum Gasteiger partial charge on any atom is -0.308 e. The number of pyridine rings is 1. The maximum absolute atomic E-state index is 13.2. The monoisotopic (exact) mass is 370 g/mol. The van der Waals surface area contributed by atoms with E-state index in [1.165, 1.54) is 12.1 Å². The highest BCUT2D eigenvalue weighted by Gasteiger charge is 2.17. The fourth-order valence-corrected chi connectivity index (χ4v) is 2.92. The highest BCUT2D eigenvalue weighted by atomic mass is 79.9. The molecule has 1 heterocycles. The van der Waals surface area contributed by atoms with Gasteiger partial charge in [0.25, 0.3) is 0 Å². The van der Waals surface area contributed by atoms with Crippen LogP contribution < -0.4 is 5.32 Å². The van der Waals surface area contributed by atoms with Crippen LogP contribution >= 0.6 is 27.5 Å². The van der Waals surface area contributed by atoms with Gasteiger partial charge in [0.15, 0.2) is 0 Å². The molecule has 1 aromatic heterocycles. The van der Waals surface area contributed by atoms with Gasteiger partial charge < -0.3 is 5.32 Å². The molecule has 0 radical (unpaired) electrons. The molecular weight excluding hydrogens is 355 g/mol. The van der Waals surface area contributed by atoms with Crippen molar-refractivity contribution in [1.82, 2.24) is 10.3 Å². The Morgan fingerprint density at radius 3 is 2.86 bits per heavy atom. The van der Waals surface area contributed by atoms with Crippen molar-refractivity contribution < 1.29 is 4.39 Å². The zero-order chi connectivity index (χ0) is 15.2. The molecule has 1 unspecified atom stereocenters. The van der Waals surface area contributed by atoms with Crippen LogP contribution in [0.15, 0.2) is 41.0 Å². The van der Waals surface area contributed by atoms with Crippen molar-refractivity contribution in [2.45, 2.75) is 25.8 Å². The summed E-state index contributed by atoms with van der Waals surface area (Å²) in [6.07, 6.45) is 3.46. The molecule has 2 rings (SSSR count). The minimum absolute atomic E-state index is 0.0310. The van der Waals surface area contributed by atoms with Gasteiger partial charge in [-0.2, -0.15) is 0 Å². The van der Waals surface area contributed by atoms with Crippen molar-refractivity contribution in [3.05, 3.63) is 63.1 Å². The van der Waals surface area contributed by atoms with Crippen molar-refractivity contribution >= 4 is 27.5 Å². The molecule has 2 aromatic rings. The van der Waals surface area contributed by atoms with E-state index < -0.39 is 0 Å². The second-order valence-electron chi connectivity index (χ2n) is 4.82. The molecule has 0 fully saturated rings. The maximum Gasteiger partial charge on any atom is 0.124 e. The van der Waals surface area contributed by atoms with E-state index in [0.717, 1.165) is 28.7 Å². The molecule has 21 heavy (non-hydrogen) atoms. The summed E-state index contributed by atoms with van der Waals surface area (Å²) >= 11 is 9.67. The lowest BCUT2D eigenvalue weighted by atomic mass is 10.0. The van der Waals surface area contributed by atoms with Crippen molar-refractivity contribution in [3.63, 3.8) is 0 Å². The molecule has 0 aliphatic heterocycles. The minimum atomic E-state index is -0.319. The summed E-state index contributed by atoms with van der Waals surface area (Å²) in [6, 6.07) is 8.40. The van der Waals surface area contributed by atoms with Crippen LogP contribution in [0.1, 0.15) is 30.6 Å². The van der Waals surface area contributed by atoms with Crippen LogP contribution in [-0.2, 0) is 6.42 Å². The molecule has 1 N–H and O–H groups in total. The van der Waals surface area contributed by atoms with Crippen molar-refractivity contribution in [2.75, 3.05) is 6.54 Å². The summed E-state index contributed by atoms with van der Waals surface area (Å²) in [5.74, 6) is -0.319. The quantitative estimate of drug-likeness (QED) is 0.779. The average molecular weight is 372 g/mol. The molecule has 1 atom stereocenters. The number of aromatic nitrogens is 1. The maximum atomic E-state index is 13.2. The van der Waals surface area contributed by atoms with Gasteiger partial charge in [0, 0.05) is 15.7 Å². The molecule has 0 bridgehead atoms. The van der Waals surface area contributed by atoms with E-state index in [2.05, 4.69) is 33.2 Å². The molecule has 112 valence electrons. The molecule has 0 amide bonds. The SMILES string of the molecule is CCCNC(Cc1ccc(F)cc1Cl)c1ncccc1Br. The first-order valence-electron chi connectivity index (χ1n) is 6.89. The molecule has 1 aromatic carbocycles. The lowest BCUT2D eigenvalue weighted by Gasteiger charge is -2.20. The van der Waals surface area contributed by atoms with Crippen LogP contribution in [0.25, 0.3) is 0 Å². The van der Waals surface area contributed by atoms with Gasteiger partial charge in [-0.25, -0.2) is 4.39 Å². The Kier molecular flexibility index (Phi) is 6.15. The Bertz CT molecular complexity index is 607. The topological polar surface area (TPSA) is 24.9 Å². The smallest absolute Gasteiger partial charge is 0.124 e. The number of nitrogens with zero attached hydrogens (tertiary/aromatic N) is 1. The highest BCUT2D eigenvalue weighted by Crippen LogP contribution is 2.27. The zero-order valence-electron chi connectivity index (χ0n) is 11.7. The molecule has 2 nitrogen and oxygen atoms in total. The molecule has 0 saturated carbocycles. The van der Waals surface area contributed by atoms with Gasteiger partial charge in [0.05, 0.1) is 11.7 Å². The van der Waals surface area contributed by atoms with Crippen LogP contribution in [0.4, 0.5) is 4.39 Å². The highest BCUT2D eigenvalue weighted by molar-refractivity contribution is 9.10. The molecule has 0 aliphatic carbocycles. The van der Waals surface area contributed by atoms with Gasteiger partial charge in [-0.15, -0.1) is 0 Å².